The number of halogens is 1. The number of hydrogen-bond acceptors (Lipinski definition) is 3. The van der Waals surface area contributed by atoms with Gasteiger partial charge in [0.05, 0.1) is 0 Å². The van der Waals surface area contributed by atoms with Crippen molar-refractivity contribution in [1.82, 2.24) is 0 Å². The van der Waals surface area contributed by atoms with E-state index in [9.17, 15) is 4.79 Å². The molecular weight excluding hydrogens is 316 g/mol. The minimum absolute atomic E-state index is 0. The van der Waals surface area contributed by atoms with E-state index in [1.54, 1.807) is 6.07 Å². The molecular formula is C17H23ClN2OS. The van der Waals surface area contributed by atoms with Crippen LogP contribution in [-0.2, 0) is 11.2 Å². The Morgan fingerprint density at radius 1 is 1.23 bits per heavy atom. The van der Waals surface area contributed by atoms with Crippen LogP contribution in [0.1, 0.15) is 33.7 Å². The number of nitrogens with two attached hydrogens (primary N) is 1. The molecule has 3 nitrogen and oxygen atoms in total. The molecule has 5 heteroatoms. The summed E-state index contributed by atoms with van der Waals surface area (Å²) in [6.45, 7) is 6.23. The van der Waals surface area contributed by atoms with Gasteiger partial charge in [0.25, 0.3) is 0 Å². The largest absolute Gasteiger partial charge is 0.399 e. The molecule has 0 spiro atoms. The molecule has 0 aliphatic rings. The second-order valence-electron chi connectivity index (χ2n) is 5.41. The third kappa shape index (κ3) is 5.04. The van der Waals surface area contributed by atoms with Gasteiger partial charge >= 0.3 is 0 Å². The summed E-state index contributed by atoms with van der Waals surface area (Å²) in [5.41, 5.74) is 9.62. The molecule has 0 bridgehead atoms. The van der Waals surface area contributed by atoms with Gasteiger partial charge < -0.3 is 11.1 Å². The van der Waals surface area contributed by atoms with Gasteiger partial charge in [-0.1, -0.05) is 6.07 Å². The van der Waals surface area contributed by atoms with Gasteiger partial charge in [0, 0.05) is 27.5 Å². The maximum absolute atomic E-state index is 12.0. The molecule has 1 amide bonds. The van der Waals surface area contributed by atoms with E-state index in [4.69, 9.17) is 5.73 Å². The first-order valence-corrected chi connectivity index (χ1v) is 7.99. The highest BCUT2D eigenvalue weighted by Gasteiger charge is 2.07. The molecule has 2 aromatic rings. The Labute approximate surface area is 142 Å². The van der Waals surface area contributed by atoms with Gasteiger partial charge in [0.15, 0.2) is 0 Å². The van der Waals surface area contributed by atoms with Crippen LogP contribution in [0.4, 0.5) is 11.4 Å². The third-order valence-electron chi connectivity index (χ3n) is 3.53. The second-order valence-corrected chi connectivity index (χ2v) is 6.88. The summed E-state index contributed by atoms with van der Waals surface area (Å²) < 4.78 is 0. The van der Waals surface area contributed by atoms with Gasteiger partial charge in [0.2, 0.25) is 5.91 Å². The molecule has 0 fully saturated rings. The molecule has 0 unspecified atom stereocenters. The first kappa shape index (κ1) is 18.5. The lowest BCUT2D eigenvalue weighted by Gasteiger charge is -2.09. The smallest absolute Gasteiger partial charge is 0.224 e. The van der Waals surface area contributed by atoms with E-state index < -0.39 is 0 Å². The Balaban J connectivity index is 0.00000242. The second kappa shape index (κ2) is 8.20. The van der Waals surface area contributed by atoms with Gasteiger partial charge in [-0.2, -0.15) is 0 Å². The van der Waals surface area contributed by atoms with E-state index in [1.165, 1.54) is 15.3 Å². The van der Waals surface area contributed by atoms with Crippen molar-refractivity contribution in [3.8, 4) is 0 Å². The lowest BCUT2D eigenvalue weighted by Crippen LogP contribution is -2.12. The molecule has 0 atom stereocenters. The summed E-state index contributed by atoms with van der Waals surface area (Å²) in [5, 5.41) is 2.94. The number of aryl methyl sites for hydroxylation is 4. The molecule has 2 rings (SSSR count). The number of hydrogen-bond donors (Lipinski definition) is 2. The van der Waals surface area contributed by atoms with Crippen molar-refractivity contribution in [3.63, 3.8) is 0 Å². The summed E-state index contributed by atoms with van der Waals surface area (Å²) in [6, 6.07) is 7.79. The van der Waals surface area contributed by atoms with E-state index in [0.717, 1.165) is 24.1 Å². The van der Waals surface area contributed by atoms with Crippen LogP contribution in [0, 0.1) is 20.8 Å². The van der Waals surface area contributed by atoms with Crippen molar-refractivity contribution >= 4 is 41.0 Å². The molecule has 0 saturated carbocycles. The third-order valence-corrected chi connectivity index (χ3v) is 4.54. The molecule has 0 aliphatic heterocycles. The Kier molecular flexibility index (Phi) is 6.91. The quantitative estimate of drug-likeness (QED) is 0.780. The van der Waals surface area contributed by atoms with Gasteiger partial charge in [-0.3, -0.25) is 4.79 Å². The Morgan fingerprint density at radius 2 is 1.95 bits per heavy atom. The zero-order valence-electron chi connectivity index (χ0n) is 13.2. The van der Waals surface area contributed by atoms with E-state index >= 15 is 0 Å². The fourth-order valence-electron chi connectivity index (χ4n) is 2.36. The maximum Gasteiger partial charge on any atom is 0.224 e. The van der Waals surface area contributed by atoms with Crippen LogP contribution in [0.15, 0.2) is 24.3 Å². The van der Waals surface area contributed by atoms with Crippen molar-refractivity contribution in [2.45, 2.75) is 40.0 Å². The number of amides is 1. The van der Waals surface area contributed by atoms with Gasteiger partial charge in [0.1, 0.15) is 0 Å². The first-order valence-electron chi connectivity index (χ1n) is 7.17. The van der Waals surface area contributed by atoms with Crippen LogP contribution in [0.2, 0.25) is 0 Å². The average molecular weight is 339 g/mol. The Bertz CT molecular complexity index is 652. The number of nitrogens with one attached hydrogen (secondary N) is 1. The standard InChI is InChI=1S/C17H22N2OS.ClH/c1-11-7-8-15(18)10-16(11)19-17(20)6-4-5-14-9-12(2)21-13(14)3;/h7-10H,4-6,18H2,1-3H3,(H,19,20);1H. The minimum atomic E-state index is 0. The highest BCUT2D eigenvalue weighted by atomic mass is 35.5. The summed E-state index contributed by atoms with van der Waals surface area (Å²) in [4.78, 5) is 14.7. The highest BCUT2D eigenvalue weighted by molar-refractivity contribution is 7.12. The average Bonchev–Trinajstić information content (AvgIpc) is 2.72. The van der Waals surface area contributed by atoms with Crippen molar-refractivity contribution in [3.05, 3.63) is 45.1 Å². The van der Waals surface area contributed by atoms with Crippen LogP contribution in [0.25, 0.3) is 0 Å². The molecule has 1 aromatic heterocycles. The fourth-order valence-corrected chi connectivity index (χ4v) is 3.33. The van der Waals surface area contributed by atoms with E-state index in [1.807, 2.05) is 30.4 Å². The predicted molar refractivity (Wildman–Crippen MR) is 98.2 cm³/mol. The number of carbonyl (C=O) groups is 1. The highest BCUT2D eigenvalue weighted by Crippen LogP contribution is 2.22. The molecule has 0 aliphatic carbocycles. The number of thiophene rings is 1. The lowest BCUT2D eigenvalue weighted by atomic mass is 10.1. The number of carbonyl (C=O) groups excluding carboxylic acids is 1. The van der Waals surface area contributed by atoms with Crippen molar-refractivity contribution < 1.29 is 4.79 Å². The fraction of sp³-hybridized carbons (Fsp3) is 0.353. The molecule has 120 valence electrons. The maximum atomic E-state index is 12.0. The molecule has 0 radical (unpaired) electrons. The minimum Gasteiger partial charge on any atom is -0.399 e. The van der Waals surface area contributed by atoms with Crippen LogP contribution < -0.4 is 11.1 Å². The molecule has 3 N–H and O–H groups in total. The molecule has 0 saturated heterocycles. The first-order chi connectivity index (χ1) is 9.95. The topological polar surface area (TPSA) is 55.1 Å². The number of nitrogen functional groups attached to an aromatic ring is 1. The summed E-state index contributed by atoms with van der Waals surface area (Å²) in [5.74, 6) is 0.0494. The van der Waals surface area contributed by atoms with Gasteiger partial charge in [-0.15, -0.1) is 23.7 Å². The monoisotopic (exact) mass is 338 g/mol. The zero-order valence-corrected chi connectivity index (χ0v) is 14.9. The number of rotatable bonds is 5. The zero-order chi connectivity index (χ0) is 15.4. The van der Waals surface area contributed by atoms with Crippen molar-refractivity contribution in [1.29, 1.82) is 0 Å². The Hall–Kier alpha value is -1.52. The summed E-state index contributed by atoms with van der Waals surface area (Å²) >= 11 is 1.82. The Morgan fingerprint density at radius 3 is 2.59 bits per heavy atom. The molecule has 1 aromatic carbocycles. The lowest BCUT2D eigenvalue weighted by molar-refractivity contribution is -0.116. The molecule has 22 heavy (non-hydrogen) atoms. The van der Waals surface area contributed by atoms with Gasteiger partial charge in [-0.05, 0) is 62.9 Å². The number of anilines is 2. The SMILES string of the molecule is Cc1cc(CCCC(=O)Nc2cc(N)ccc2C)c(C)s1.Cl. The van der Waals surface area contributed by atoms with E-state index in [0.29, 0.717) is 12.1 Å². The van der Waals surface area contributed by atoms with E-state index in [-0.39, 0.29) is 18.3 Å². The van der Waals surface area contributed by atoms with Crippen molar-refractivity contribution in [2.24, 2.45) is 0 Å². The van der Waals surface area contributed by atoms with Crippen LogP contribution in [-0.4, -0.2) is 5.91 Å². The van der Waals surface area contributed by atoms with Crippen molar-refractivity contribution in [2.75, 3.05) is 11.1 Å². The normalized spacial score (nSPS) is 10.1. The van der Waals surface area contributed by atoms with Crippen LogP contribution >= 0.6 is 23.7 Å². The van der Waals surface area contributed by atoms with Crippen LogP contribution in [0.3, 0.4) is 0 Å². The van der Waals surface area contributed by atoms with Gasteiger partial charge in [-0.25, -0.2) is 0 Å². The number of benzene rings is 1. The summed E-state index contributed by atoms with van der Waals surface area (Å²) in [7, 11) is 0. The van der Waals surface area contributed by atoms with E-state index in [2.05, 4.69) is 25.2 Å². The predicted octanol–water partition coefficient (Wildman–Crippen LogP) is 4.64. The molecule has 1 heterocycles. The summed E-state index contributed by atoms with van der Waals surface area (Å²) in [6.07, 6.45) is 2.35. The van der Waals surface area contributed by atoms with Crippen LogP contribution in [0.5, 0.6) is 0 Å².